The van der Waals surface area contributed by atoms with Gasteiger partial charge in [-0.15, -0.1) is 0 Å². The van der Waals surface area contributed by atoms with Gasteiger partial charge in [-0.2, -0.15) is 5.10 Å². The molecule has 0 radical (unpaired) electrons. The third-order valence-corrected chi connectivity index (χ3v) is 5.48. The number of amides is 2. The Bertz CT molecular complexity index is 1230. The average Bonchev–Trinajstić information content (AvgIpc) is 2.78. The summed E-state index contributed by atoms with van der Waals surface area (Å²) in [5.74, 6) is -3.05. The molecule has 1 N–H and O–H groups in total. The molecule has 1 fully saturated rings. The van der Waals surface area contributed by atoms with Crippen molar-refractivity contribution in [1.29, 1.82) is 0 Å². The van der Waals surface area contributed by atoms with Crippen molar-refractivity contribution in [3.8, 4) is 0 Å². The van der Waals surface area contributed by atoms with E-state index in [0.29, 0.717) is 35.1 Å². The summed E-state index contributed by atoms with van der Waals surface area (Å²) < 4.78 is 28.8. The number of hydrogen-bond acceptors (Lipinski definition) is 4. The standard InChI is InChI=1S/C22H20F2N4O3/c1-13(29)27-6-8-28(9-7-27)22(31)17-10-14(11-18(23)20(17)24)12-19-15-4-2-3-5-16(15)21(30)26-25-19/h2-5,10-11H,6-9,12H2,1H3,(H,26,30). The highest BCUT2D eigenvalue weighted by atomic mass is 19.2. The van der Waals surface area contributed by atoms with E-state index in [2.05, 4.69) is 10.2 Å². The zero-order valence-corrected chi connectivity index (χ0v) is 16.8. The van der Waals surface area contributed by atoms with E-state index in [-0.39, 0.29) is 36.5 Å². The Labute approximate surface area is 176 Å². The molecule has 0 unspecified atom stereocenters. The summed E-state index contributed by atoms with van der Waals surface area (Å²) in [6, 6.07) is 9.21. The van der Waals surface area contributed by atoms with Crippen molar-refractivity contribution in [2.24, 2.45) is 0 Å². The molecule has 7 nitrogen and oxygen atoms in total. The number of benzene rings is 2. The smallest absolute Gasteiger partial charge is 0.272 e. The van der Waals surface area contributed by atoms with E-state index in [0.717, 1.165) is 6.07 Å². The molecule has 160 valence electrons. The molecule has 2 heterocycles. The van der Waals surface area contributed by atoms with Crippen molar-refractivity contribution in [2.45, 2.75) is 13.3 Å². The van der Waals surface area contributed by atoms with E-state index in [1.54, 1.807) is 29.2 Å². The third-order valence-electron chi connectivity index (χ3n) is 5.48. The van der Waals surface area contributed by atoms with Gasteiger partial charge in [-0.3, -0.25) is 14.4 Å². The van der Waals surface area contributed by atoms with Crippen molar-refractivity contribution in [3.63, 3.8) is 0 Å². The molecule has 4 rings (SSSR count). The highest BCUT2D eigenvalue weighted by Crippen LogP contribution is 2.22. The quantitative estimate of drug-likeness (QED) is 0.695. The van der Waals surface area contributed by atoms with Crippen LogP contribution in [0.1, 0.15) is 28.5 Å². The lowest BCUT2D eigenvalue weighted by Gasteiger charge is -2.34. The molecule has 3 aromatic rings. The molecule has 31 heavy (non-hydrogen) atoms. The van der Waals surface area contributed by atoms with Crippen molar-refractivity contribution in [1.82, 2.24) is 20.0 Å². The molecule has 2 aromatic carbocycles. The van der Waals surface area contributed by atoms with Gasteiger partial charge in [0.2, 0.25) is 5.91 Å². The summed E-state index contributed by atoms with van der Waals surface area (Å²) in [6.45, 7) is 2.63. The van der Waals surface area contributed by atoms with E-state index in [1.807, 2.05) is 0 Å². The monoisotopic (exact) mass is 426 g/mol. The number of carbonyl (C=O) groups excluding carboxylic acids is 2. The van der Waals surface area contributed by atoms with Crippen LogP contribution in [0.3, 0.4) is 0 Å². The fourth-order valence-electron chi connectivity index (χ4n) is 3.80. The molecule has 9 heteroatoms. The van der Waals surface area contributed by atoms with E-state index in [4.69, 9.17) is 0 Å². The molecule has 2 amide bonds. The Morgan fingerprint density at radius 1 is 1.03 bits per heavy atom. The number of aromatic amines is 1. The first-order chi connectivity index (χ1) is 14.8. The summed E-state index contributed by atoms with van der Waals surface area (Å²) in [7, 11) is 0. The minimum Gasteiger partial charge on any atom is -0.339 e. The van der Waals surface area contributed by atoms with E-state index >= 15 is 0 Å². The van der Waals surface area contributed by atoms with Gasteiger partial charge >= 0.3 is 0 Å². The molecular formula is C22H20F2N4O3. The first-order valence-corrected chi connectivity index (χ1v) is 9.84. The number of carbonyl (C=O) groups is 2. The van der Waals surface area contributed by atoms with Crippen LogP contribution in [-0.2, 0) is 11.2 Å². The number of rotatable bonds is 3. The van der Waals surface area contributed by atoms with Gasteiger partial charge in [-0.25, -0.2) is 13.9 Å². The number of fused-ring (bicyclic) bond motifs is 1. The van der Waals surface area contributed by atoms with Crippen LogP contribution >= 0.6 is 0 Å². The van der Waals surface area contributed by atoms with Gasteiger partial charge in [0.1, 0.15) is 0 Å². The van der Waals surface area contributed by atoms with Gasteiger partial charge in [-0.05, 0) is 23.8 Å². The minimum absolute atomic E-state index is 0.0908. The van der Waals surface area contributed by atoms with Crippen LogP contribution in [0.5, 0.6) is 0 Å². The van der Waals surface area contributed by atoms with Gasteiger partial charge in [-0.1, -0.05) is 18.2 Å². The summed E-state index contributed by atoms with van der Waals surface area (Å²) in [6.07, 6.45) is 0.104. The molecule has 1 aromatic heterocycles. The fourth-order valence-corrected chi connectivity index (χ4v) is 3.80. The van der Waals surface area contributed by atoms with Crippen molar-refractivity contribution >= 4 is 22.6 Å². The van der Waals surface area contributed by atoms with Gasteiger partial charge < -0.3 is 9.80 Å². The van der Waals surface area contributed by atoms with Crippen LogP contribution in [0, 0.1) is 11.6 Å². The van der Waals surface area contributed by atoms with Crippen LogP contribution in [0.4, 0.5) is 8.78 Å². The first-order valence-electron chi connectivity index (χ1n) is 9.84. The molecule has 0 aliphatic carbocycles. The van der Waals surface area contributed by atoms with Crippen LogP contribution in [0.15, 0.2) is 41.2 Å². The van der Waals surface area contributed by atoms with Crippen LogP contribution in [0.25, 0.3) is 10.8 Å². The normalized spacial score (nSPS) is 14.2. The third kappa shape index (κ3) is 4.03. The molecule has 0 spiro atoms. The zero-order chi connectivity index (χ0) is 22.1. The maximum absolute atomic E-state index is 14.5. The predicted molar refractivity (Wildman–Crippen MR) is 110 cm³/mol. The van der Waals surface area contributed by atoms with Crippen LogP contribution in [-0.4, -0.2) is 58.0 Å². The highest BCUT2D eigenvalue weighted by molar-refractivity contribution is 5.95. The number of piperazine rings is 1. The molecule has 0 bridgehead atoms. The highest BCUT2D eigenvalue weighted by Gasteiger charge is 2.27. The van der Waals surface area contributed by atoms with Gasteiger partial charge in [0.15, 0.2) is 11.6 Å². The van der Waals surface area contributed by atoms with Crippen molar-refractivity contribution < 1.29 is 18.4 Å². The second-order valence-corrected chi connectivity index (χ2v) is 7.46. The SMILES string of the molecule is CC(=O)N1CCN(C(=O)c2cc(Cc3n[nH]c(=O)c4ccccc34)cc(F)c2F)CC1. The summed E-state index contributed by atoms with van der Waals surface area (Å²) >= 11 is 0. The number of hydrogen-bond donors (Lipinski definition) is 1. The van der Waals surface area contributed by atoms with Crippen LogP contribution < -0.4 is 5.56 Å². The Balaban J connectivity index is 1.64. The van der Waals surface area contributed by atoms with Crippen molar-refractivity contribution in [2.75, 3.05) is 26.2 Å². The zero-order valence-electron chi connectivity index (χ0n) is 16.8. The van der Waals surface area contributed by atoms with Gasteiger partial charge in [0.25, 0.3) is 11.5 Å². The topological polar surface area (TPSA) is 86.4 Å². The summed E-state index contributed by atoms with van der Waals surface area (Å²) in [4.78, 5) is 39.3. The lowest BCUT2D eigenvalue weighted by Crippen LogP contribution is -2.50. The summed E-state index contributed by atoms with van der Waals surface area (Å²) in [5.41, 5.74) is 0.134. The minimum atomic E-state index is -1.21. The molecule has 1 aliphatic heterocycles. The maximum Gasteiger partial charge on any atom is 0.272 e. The van der Waals surface area contributed by atoms with E-state index < -0.39 is 17.5 Å². The van der Waals surface area contributed by atoms with Gasteiger partial charge in [0.05, 0.1) is 16.6 Å². The summed E-state index contributed by atoms with van der Waals surface area (Å²) in [5, 5.41) is 7.51. The molecule has 1 aliphatic rings. The number of nitrogens with one attached hydrogen (secondary N) is 1. The Morgan fingerprint density at radius 3 is 2.35 bits per heavy atom. The number of halogens is 2. The lowest BCUT2D eigenvalue weighted by atomic mass is 10.0. The largest absolute Gasteiger partial charge is 0.339 e. The molecule has 1 saturated heterocycles. The average molecular weight is 426 g/mol. The van der Waals surface area contributed by atoms with E-state index in [1.165, 1.54) is 17.9 Å². The second kappa shape index (κ2) is 8.25. The first kappa shape index (κ1) is 20.6. The maximum atomic E-state index is 14.5. The lowest BCUT2D eigenvalue weighted by molar-refractivity contribution is -0.130. The van der Waals surface area contributed by atoms with Crippen LogP contribution in [0.2, 0.25) is 0 Å². The second-order valence-electron chi connectivity index (χ2n) is 7.46. The Morgan fingerprint density at radius 2 is 1.68 bits per heavy atom. The van der Waals surface area contributed by atoms with Gasteiger partial charge in [0, 0.05) is 44.9 Å². The Hall–Kier alpha value is -3.62. The number of H-pyrrole nitrogens is 1. The predicted octanol–water partition coefficient (Wildman–Crippen LogP) is 2.10. The number of nitrogens with zero attached hydrogens (tertiary/aromatic N) is 3. The molecular weight excluding hydrogens is 406 g/mol. The van der Waals surface area contributed by atoms with E-state index in [9.17, 15) is 23.2 Å². The molecule has 0 saturated carbocycles. The molecule has 0 atom stereocenters. The van der Waals surface area contributed by atoms with Crippen molar-refractivity contribution in [3.05, 3.63) is 75.2 Å². The number of aromatic nitrogens is 2. The fraction of sp³-hybridized carbons (Fsp3) is 0.273. The Kier molecular flexibility index (Phi) is 5.50.